The van der Waals surface area contributed by atoms with Crippen LogP contribution in [-0.4, -0.2) is 24.5 Å². The van der Waals surface area contributed by atoms with E-state index in [1.54, 1.807) is 12.1 Å². The number of aryl methyl sites for hydroxylation is 2. The maximum absolute atomic E-state index is 12.5. The van der Waals surface area contributed by atoms with Crippen LogP contribution in [0.4, 0.5) is 10.5 Å². The van der Waals surface area contributed by atoms with Gasteiger partial charge < -0.3 is 10.4 Å². The summed E-state index contributed by atoms with van der Waals surface area (Å²) >= 11 is 0.864. The van der Waals surface area contributed by atoms with Crippen LogP contribution in [-0.2, 0) is 28.5 Å². The third-order valence-corrected chi connectivity index (χ3v) is 7.92. The highest BCUT2D eigenvalue weighted by atomic mass is 32.2. The molecule has 1 fully saturated rings. The summed E-state index contributed by atoms with van der Waals surface area (Å²) in [7, 11) is -4.17. The lowest BCUT2D eigenvalue weighted by atomic mass is 9.79. The first-order valence-electron chi connectivity index (χ1n) is 9.30. The van der Waals surface area contributed by atoms with E-state index in [1.807, 2.05) is 18.6 Å². The van der Waals surface area contributed by atoms with Crippen LogP contribution in [0.5, 0.6) is 0 Å². The molecule has 0 spiro atoms. The van der Waals surface area contributed by atoms with Gasteiger partial charge in [0, 0.05) is 11.9 Å². The number of hydrogen-bond donors (Lipinski definition) is 3. The minimum Gasteiger partial charge on any atom is -0.384 e. The number of aromatic nitrogens is 1. The molecule has 0 aliphatic heterocycles. The molecule has 0 atom stereocenters. The molecule has 29 heavy (non-hydrogen) atoms. The van der Waals surface area contributed by atoms with Crippen molar-refractivity contribution in [1.82, 2.24) is 9.71 Å². The van der Waals surface area contributed by atoms with Crippen LogP contribution in [0.3, 0.4) is 0 Å². The molecule has 2 aromatic rings. The van der Waals surface area contributed by atoms with Crippen molar-refractivity contribution >= 4 is 33.1 Å². The maximum Gasteiger partial charge on any atom is 0.333 e. The number of hydrogen-bond acceptors (Lipinski definition) is 7. The number of anilines is 1. The van der Waals surface area contributed by atoms with Crippen LogP contribution in [0.1, 0.15) is 54.7 Å². The van der Waals surface area contributed by atoms with Gasteiger partial charge in [0.05, 0.1) is 16.5 Å². The first-order valence-corrected chi connectivity index (χ1v) is 11.6. The topological polar surface area (TPSA) is 132 Å². The number of nitrogens with one attached hydrogen (secondary N) is 2. The zero-order chi connectivity index (χ0) is 21.2. The van der Waals surface area contributed by atoms with Crippen molar-refractivity contribution in [1.29, 1.82) is 5.26 Å². The quantitative estimate of drug-likeness (QED) is 0.640. The highest BCUT2D eigenvalue weighted by Gasteiger charge is 2.39. The second-order valence-corrected chi connectivity index (χ2v) is 9.81. The molecule has 1 aromatic heterocycles. The summed E-state index contributed by atoms with van der Waals surface area (Å²) in [6.07, 6.45) is 4.50. The average Bonchev–Trinajstić information content (AvgIpc) is 3.17. The third kappa shape index (κ3) is 4.27. The summed E-state index contributed by atoms with van der Waals surface area (Å²) in [6.45, 7) is 3.77. The van der Waals surface area contributed by atoms with Crippen LogP contribution in [0.2, 0.25) is 0 Å². The maximum atomic E-state index is 12.5. The molecule has 1 saturated carbocycles. The number of aliphatic hydroxyl groups is 1. The molecule has 0 saturated heterocycles. The molecule has 154 valence electrons. The molecule has 0 unspecified atom stereocenters. The Hall–Kier alpha value is -2.48. The molecule has 1 heterocycles. The van der Waals surface area contributed by atoms with Crippen molar-refractivity contribution in [2.45, 2.75) is 55.9 Å². The van der Waals surface area contributed by atoms with E-state index in [4.69, 9.17) is 5.26 Å². The number of amides is 2. The van der Waals surface area contributed by atoms with Crippen molar-refractivity contribution in [3.8, 4) is 6.07 Å². The normalized spacial score (nSPS) is 15.2. The molecular weight excluding hydrogens is 412 g/mol. The van der Waals surface area contributed by atoms with Crippen LogP contribution < -0.4 is 10.0 Å². The van der Waals surface area contributed by atoms with Gasteiger partial charge in [-0.1, -0.05) is 13.8 Å². The number of urea groups is 1. The molecular formula is C19H22N4O4S2. The highest BCUT2D eigenvalue weighted by Crippen LogP contribution is 2.43. The molecule has 2 amide bonds. The van der Waals surface area contributed by atoms with Crippen LogP contribution in [0.25, 0.3) is 0 Å². The first kappa shape index (κ1) is 21.2. The van der Waals surface area contributed by atoms with Crippen molar-refractivity contribution in [3.63, 3.8) is 0 Å². The molecule has 10 heteroatoms. The zero-order valence-corrected chi connectivity index (χ0v) is 17.8. The Morgan fingerprint density at radius 2 is 1.93 bits per heavy atom. The lowest BCUT2D eigenvalue weighted by Gasteiger charge is -2.35. The Morgan fingerprint density at radius 1 is 1.31 bits per heavy atom. The van der Waals surface area contributed by atoms with E-state index in [1.165, 1.54) is 6.20 Å². The molecule has 3 N–H and O–H groups in total. The Labute approximate surface area is 173 Å². The van der Waals surface area contributed by atoms with Gasteiger partial charge in [0.1, 0.15) is 5.60 Å². The molecule has 1 aliphatic carbocycles. The van der Waals surface area contributed by atoms with Crippen LogP contribution >= 0.6 is 11.3 Å². The third-order valence-electron chi connectivity index (χ3n) is 5.01. The Balaban J connectivity index is 1.79. The molecule has 1 aliphatic rings. The molecule has 3 rings (SSSR count). The Kier molecular flexibility index (Phi) is 5.93. The SMILES string of the molecule is CCc1cc(C#N)cc(CC)c1NC(=O)NS(=O)(=O)c1ncc(C2(O)CCC2)s1. The number of carbonyl (C=O) groups excluding carboxylic acids is 1. The summed E-state index contributed by atoms with van der Waals surface area (Å²) in [5, 5.41) is 22.1. The Morgan fingerprint density at radius 3 is 2.41 bits per heavy atom. The van der Waals surface area contributed by atoms with Gasteiger partial charge >= 0.3 is 6.03 Å². The predicted molar refractivity (Wildman–Crippen MR) is 109 cm³/mol. The molecule has 0 bridgehead atoms. The van der Waals surface area contributed by atoms with Gasteiger partial charge in [-0.05, 0) is 55.4 Å². The van der Waals surface area contributed by atoms with E-state index in [0.29, 0.717) is 41.8 Å². The zero-order valence-electron chi connectivity index (χ0n) is 16.2. The molecule has 8 nitrogen and oxygen atoms in total. The van der Waals surface area contributed by atoms with Crippen LogP contribution in [0, 0.1) is 11.3 Å². The number of rotatable bonds is 6. The van der Waals surface area contributed by atoms with E-state index in [-0.39, 0.29) is 4.34 Å². The highest BCUT2D eigenvalue weighted by molar-refractivity contribution is 7.92. The number of thiazole rings is 1. The summed E-state index contributed by atoms with van der Waals surface area (Å²) < 4.78 is 26.8. The standard InChI is InChI=1S/C19H22N4O4S2/c1-3-13-8-12(10-20)9-14(4-2)16(13)22-17(24)23-29(26,27)18-21-11-15(28-18)19(25)6-5-7-19/h8-9,11,25H,3-7H2,1-2H3,(H2,22,23,24). The number of sulfonamides is 1. The smallest absolute Gasteiger partial charge is 0.333 e. The predicted octanol–water partition coefficient (Wildman–Crippen LogP) is 3.02. The van der Waals surface area contributed by atoms with Gasteiger partial charge in [0.25, 0.3) is 10.0 Å². The van der Waals surface area contributed by atoms with E-state index in [2.05, 4.69) is 16.4 Å². The fraction of sp³-hybridized carbons (Fsp3) is 0.421. The van der Waals surface area contributed by atoms with E-state index >= 15 is 0 Å². The van der Waals surface area contributed by atoms with E-state index in [0.717, 1.165) is 28.9 Å². The summed E-state index contributed by atoms with van der Waals surface area (Å²) in [5.41, 5.74) is 1.48. The van der Waals surface area contributed by atoms with Crippen LogP contribution in [0.15, 0.2) is 22.7 Å². The van der Waals surface area contributed by atoms with Gasteiger partial charge in [0.15, 0.2) is 0 Å². The van der Waals surface area contributed by atoms with Crippen molar-refractivity contribution in [2.75, 3.05) is 5.32 Å². The lowest BCUT2D eigenvalue weighted by molar-refractivity contribution is -0.0356. The van der Waals surface area contributed by atoms with Crippen molar-refractivity contribution < 1.29 is 18.3 Å². The minimum atomic E-state index is -4.17. The van der Waals surface area contributed by atoms with Gasteiger partial charge in [-0.2, -0.15) is 13.7 Å². The van der Waals surface area contributed by atoms with Gasteiger partial charge in [0.2, 0.25) is 4.34 Å². The number of nitriles is 1. The number of nitrogens with zero attached hydrogens (tertiary/aromatic N) is 2. The van der Waals surface area contributed by atoms with E-state index < -0.39 is 21.7 Å². The summed E-state index contributed by atoms with van der Waals surface area (Å²) in [4.78, 5) is 16.8. The monoisotopic (exact) mass is 434 g/mol. The Bertz CT molecular complexity index is 1060. The molecule has 0 radical (unpaired) electrons. The van der Waals surface area contributed by atoms with Gasteiger partial charge in [-0.25, -0.2) is 14.5 Å². The average molecular weight is 435 g/mol. The van der Waals surface area contributed by atoms with Gasteiger partial charge in [-0.3, -0.25) is 0 Å². The second-order valence-electron chi connectivity index (χ2n) is 6.92. The summed E-state index contributed by atoms with van der Waals surface area (Å²) in [5.74, 6) is 0. The fourth-order valence-electron chi connectivity index (χ4n) is 3.21. The second kappa shape index (κ2) is 8.10. The number of carbonyl (C=O) groups is 1. The van der Waals surface area contributed by atoms with Crippen molar-refractivity contribution in [3.05, 3.63) is 39.9 Å². The lowest BCUT2D eigenvalue weighted by Crippen LogP contribution is -2.35. The molecule has 1 aromatic carbocycles. The minimum absolute atomic E-state index is 0.269. The fourth-order valence-corrected chi connectivity index (χ4v) is 5.41. The van der Waals surface area contributed by atoms with Crippen molar-refractivity contribution in [2.24, 2.45) is 0 Å². The summed E-state index contributed by atoms with van der Waals surface area (Å²) in [6, 6.07) is 4.54. The van der Waals surface area contributed by atoms with E-state index in [9.17, 15) is 18.3 Å². The van der Waals surface area contributed by atoms with Gasteiger partial charge in [-0.15, -0.1) is 11.3 Å². The first-order chi connectivity index (χ1) is 13.7. The number of benzene rings is 1. The largest absolute Gasteiger partial charge is 0.384 e.